The summed E-state index contributed by atoms with van der Waals surface area (Å²) in [6.07, 6.45) is 6.72. The second-order valence-electron chi connectivity index (χ2n) is 7.34. The minimum Gasteiger partial charge on any atom is -0.376 e. The van der Waals surface area contributed by atoms with Crippen LogP contribution in [0.1, 0.15) is 46.0 Å². The summed E-state index contributed by atoms with van der Waals surface area (Å²) in [6.45, 7) is 4.62. The molecule has 0 aliphatic heterocycles. The number of hydrogen-bond donors (Lipinski definition) is 1. The van der Waals surface area contributed by atoms with Gasteiger partial charge in [0.25, 0.3) is 0 Å². The SMILES string of the molecule is COC1(CNC(=O)C(C)C)C2CC3CC(C2)CC1C3. The van der Waals surface area contributed by atoms with Crippen LogP contribution in [0.4, 0.5) is 0 Å². The van der Waals surface area contributed by atoms with E-state index in [0.717, 1.165) is 18.4 Å². The molecule has 0 aromatic heterocycles. The Labute approximate surface area is 116 Å². The van der Waals surface area contributed by atoms with E-state index in [9.17, 15) is 4.79 Å². The zero-order valence-electron chi connectivity index (χ0n) is 12.4. The molecular formula is C16H27NO2. The number of ether oxygens (including phenoxy) is 1. The normalized spacial score (nSPS) is 43.8. The van der Waals surface area contributed by atoms with Crippen LogP contribution in [-0.4, -0.2) is 25.2 Å². The van der Waals surface area contributed by atoms with Gasteiger partial charge in [-0.25, -0.2) is 0 Å². The van der Waals surface area contributed by atoms with E-state index in [-0.39, 0.29) is 17.4 Å². The van der Waals surface area contributed by atoms with Gasteiger partial charge in [0.15, 0.2) is 0 Å². The molecule has 0 atom stereocenters. The minimum absolute atomic E-state index is 0.0609. The maximum absolute atomic E-state index is 11.9. The van der Waals surface area contributed by atoms with E-state index in [2.05, 4.69) is 5.32 Å². The lowest BCUT2D eigenvalue weighted by molar-refractivity contribution is -0.188. The van der Waals surface area contributed by atoms with Gasteiger partial charge in [0, 0.05) is 19.6 Å². The van der Waals surface area contributed by atoms with Crippen molar-refractivity contribution in [2.75, 3.05) is 13.7 Å². The van der Waals surface area contributed by atoms with Crippen LogP contribution < -0.4 is 5.32 Å². The number of nitrogens with one attached hydrogen (secondary N) is 1. The van der Waals surface area contributed by atoms with Gasteiger partial charge in [-0.3, -0.25) is 4.79 Å². The van der Waals surface area contributed by atoms with E-state index in [0.29, 0.717) is 11.8 Å². The van der Waals surface area contributed by atoms with Crippen molar-refractivity contribution in [1.82, 2.24) is 5.32 Å². The Bertz CT molecular complexity index is 336. The summed E-state index contributed by atoms with van der Waals surface area (Å²) >= 11 is 0. The van der Waals surface area contributed by atoms with Crippen LogP contribution in [0, 0.1) is 29.6 Å². The lowest BCUT2D eigenvalue weighted by atomic mass is 9.49. The average Bonchev–Trinajstić information content (AvgIpc) is 2.37. The van der Waals surface area contributed by atoms with Crippen molar-refractivity contribution in [3.63, 3.8) is 0 Å². The molecule has 0 aromatic carbocycles. The van der Waals surface area contributed by atoms with Crippen molar-refractivity contribution in [1.29, 1.82) is 0 Å². The molecule has 4 aliphatic rings. The predicted molar refractivity (Wildman–Crippen MR) is 74.6 cm³/mol. The first kappa shape index (κ1) is 13.4. The van der Waals surface area contributed by atoms with Crippen molar-refractivity contribution in [2.24, 2.45) is 29.6 Å². The Morgan fingerprint density at radius 1 is 1.16 bits per heavy atom. The molecule has 4 rings (SSSR count). The Hall–Kier alpha value is -0.570. The number of methoxy groups -OCH3 is 1. The maximum Gasteiger partial charge on any atom is 0.222 e. The summed E-state index contributed by atoms with van der Waals surface area (Å²) in [5, 5.41) is 3.14. The van der Waals surface area contributed by atoms with Crippen molar-refractivity contribution >= 4 is 5.91 Å². The summed E-state index contributed by atoms with van der Waals surface area (Å²) in [6, 6.07) is 0. The molecule has 0 unspecified atom stereocenters. The van der Waals surface area contributed by atoms with Crippen LogP contribution >= 0.6 is 0 Å². The fraction of sp³-hybridized carbons (Fsp3) is 0.938. The highest BCUT2D eigenvalue weighted by atomic mass is 16.5. The van der Waals surface area contributed by atoms with E-state index in [1.807, 2.05) is 21.0 Å². The van der Waals surface area contributed by atoms with Gasteiger partial charge in [-0.1, -0.05) is 13.8 Å². The molecule has 0 heterocycles. The summed E-state index contributed by atoms with van der Waals surface area (Å²) in [4.78, 5) is 11.9. The lowest BCUT2D eigenvalue weighted by Crippen LogP contribution is -2.63. The molecule has 3 nitrogen and oxygen atoms in total. The van der Waals surface area contributed by atoms with Crippen molar-refractivity contribution in [2.45, 2.75) is 51.6 Å². The van der Waals surface area contributed by atoms with Crippen molar-refractivity contribution in [3.8, 4) is 0 Å². The number of rotatable bonds is 4. The smallest absolute Gasteiger partial charge is 0.222 e. The van der Waals surface area contributed by atoms with E-state index >= 15 is 0 Å². The van der Waals surface area contributed by atoms with Crippen LogP contribution in [-0.2, 0) is 9.53 Å². The quantitative estimate of drug-likeness (QED) is 0.848. The zero-order chi connectivity index (χ0) is 13.6. The molecule has 0 saturated heterocycles. The molecular weight excluding hydrogens is 238 g/mol. The first-order chi connectivity index (χ1) is 9.05. The lowest BCUT2D eigenvalue weighted by Gasteiger charge is -2.60. The third kappa shape index (κ3) is 2.10. The largest absolute Gasteiger partial charge is 0.376 e. The van der Waals surface area contributed by atoms with Crippen LogP contribution in [0.5, 0.6) is 0 Å². The van der Waals surface area contributed by atoms with Gasteiger partial charge in [0.05, 0.1) is 5.60 Å². The molecule has 4 fully saturated rings. The highest BCUT2D eigenvalue weighted by molar-refractivity contribution is 5.77. The Balaban J connectivity index is 1.74. The Kier molecular flexibility index (Phi) is 3.36. The molecule has 1 N–H and O–H groups in total. The van der Waals surface area contributed by atoms with E-state index in [1.54, 1.807) is 0 Å². The van der Waals surface area contributed by atoms with Gasteiger partial charge in [-0.2, -0.15) is 0 Å². The second kappa shape index (κ2) is 4.76. The molecule has 19 heavy (non-hydrogen) atoms. The number of carbonyl (C=O) groups excluding carboxylic acids is 1. The fourth-order valence-corrected chi connectivity index (χ4v) is 5.11. The van der Waals surface area contributed by atoms with Gasteiger partial charge in [-0.05, 0) is 55.8 Å². The number of amides is 1. The average molecular weight is 265 g/mol. The molecule has 108 valence electrons. The summed E-state index contributed by atoms with van der Waals surface area (Å²) in [7, 11) is 1.85. The van der Waals surface area contributed by atoms with Crippen molar-refractivity contribution in [3.05, 3.63) is 0 Å². The van der Waals surface area contributed by atoms with E-state index in [4.69, 9.17) is 4.74 Å². The predicted octanol–water partition coefficient (Wildman–Crippen LogP) is 2.60. The molecule has 4 aliphatic carbocycles. The fourth-order valence-electron chi connectivity index (χ4n) is 5.11. The number of carbonyl (C=O) groups is 1. The molecule has 4 saturated carbocycles. The highest BCUT2D eigenvalue weighted by Gasteiger charge is 2.57. The first-order valence-corrected chi connectivity index (χ1v) is 7.88. The van der Waals surface area contributed by atoms with Crippen LogP contribution in [0.2, 0.25) is 0 Å². The van der Waals surface area contributed by atoms with Crippen LogP contribution in [0.25, 0.3) is 0 Å². The monoisotopic (exact) mass is 265 g/mol. The van der Waals surface area contributed by atoms with Crippen LogP contribution in [0.15, 0.2) is 0 Å². The zero-order valence-corrected chi connectivity index (χ0v) is 12.4. The Morgan fingerprint density at radius 3 is 2.11 bits per heavy atom. The van der Waals surface area contributed by atoms with Gasteiger partial charge in [0.1, 0.15) is 0 Å². The summed E-state index contributed by atoms with van der Waals surface area (Å²) < 4.78 is 6.03. The summed E-state index contributed by atoms with van der Waals surface area (Å²) in [5.74, 6) is 3.43. The molecule has 0 spiro atoms. The van der Waals surface area contributed by atoms with E-state index in [1.165, 1.54) is 32.1 Å². The number of hydrogen-bond acceptors (Lipinski definition) is 2. The molecule has 0 aromatic rings. The van der Waals surface area contributed by atoms with Gasteiger partial charge >= 0.3 is 0 Å². The van der Waals surface area contributed by atoms with Gasteiger partial charge in [-0.15, -0.1) is 0 Å². The molecule has 0 radical (unpaired) electrons. The second-order valence-corrected chi connectivity index (χ2v) is 7.34. The standard InChI is InChI=1S/C16H27NO2/c1-10(2)15(18)17-9-16(19-3)13-5-11-4-12(7-13)8-14(16)6-11/h10-14H,4-9H2,1-3H3,(H,17,18). The Morgan fingerprint density at radius 2 is 1.68 bits per heavy atom. The highest BCUT2D eigenvalue weighted by Crippen LogP contribution is 2.59. The third-order valence-electron chi connectivity index (χ3n) is 5.96. The summed E-state index contributed by atoms with van der Waals surface area (Å²) in [5.41, 5.74) is -0.0715. The van der Waals surface area contributed by atoms with Gasteiger partial charge in [0.2, 0.25) is 5.91 Å². The maximum atomic E-state index is 11.9. The minimum atomic E-state index is -0.0715. The van der Waals surface area contributed by atoms with Gasteiger partial charge < -0.3 is 10.1 Å². The third-order valence-corrected chi connectivity index (χ3v) is 5.96. The molecule has 4 bridgehead atoms. The molecule has 1 amide bonds. The first-order valence-electron chi connectivity index (χ1n) is 7.88. The van der Waals surface area contributed by atoms with Crippen LogP contribution in [0.3, 0.4) is 0 Å². The topological polar surface area (TPSA) is 38.3 Å². The molecule has 3 heteroatoms. The van der Waals surface area contributed by atoms with E-state index < -0.39 is 0 Å². The van der Waals surface area contributed by atoms with Crippen molar-refractivity contribution < 1.29 is 9.53 Å².